The molecular weight excluding hydrogens is 528 g/mol. The summed E-state index contributed by atoms with van der Waals surface area (Å²) in [4.78, 5) is 61.3. The van der Waals surface area contributed by atoms with Crippen LogP contribution in [0.15, 0.2) is 25.3 Å². The highest BCUT2D eigenvalue weighted by Gasteiger charge is 2.19. The molecule has 0 aliphatic carbocycles. The minimum absolute atomic E-state index is 0.303. The summed E-state index contributed by atoms with van der Waals surface area (Å²) < 4.78 is 0. The summed E-state index contributed by atoms with van der Waals surface area (Å²) in [6, 6.07) is 0. The number of aromatic amines is 4. The summed E-state index contributed by atoms with van der Waals surface area (Å²) in [5.74, 6) is 0. The van der Waals surface area contributed by atoms with Gasteiger partial charge in [0, 0.05) is 5.56 Å². The molecule has 4 N–H and O–H groups in total. The Morgan fingerprint density at radius 2 is 0.952 bits per heavy atom. The molecule has 1 aromatic carbocycles. The number of hydrogen-bond acceptors (Lipinski definition) is 4. The van der Waals surface area contributed by atoms with Gasteiger partial charge in [0.2, 0.25) is 0 Å². The van der Waals surface area contributed by atoms with Crippen LogP contribution >= 0.6 is 0 Å². The van der Waals surface area contributed by atoms with Crippen molar-refractivity contribution in [2.75, 3.05) is 0 Å². The van der Waals surface area contributed by atoms with E-state index in [1.54, 1.807) is 0 Å². The van der Waals surface area contributed by atoms with Gasteiger partial charge in [0.1, 0.15) is 0 Å². The maximum Gasteiger partial charge on any atom is 0.326 e. The molecule has 0 aliphatic heterocycles. The summed E-state index contributed by atoms with van der Waals surface area (Å²) >= 11 is 0. The van der Waals surface area contributed by atoms with E-state index in [1.165, 1.54) is 83.5 Å². The van der Waals surface area contributed by atoms with Crippen LogP contribution in [0.5, 0.6) is 0 Å². The van der Waals surface area contributed by atoms with Gasteiger partial charge in [-0.05, 0) is 31.2 Å². The number of benzene rings is 1. The summed E-state index contributed by atoms with van der Waals surface area (Å²) in [6.45, 7) is 4.45. The molecule has 0 saturated heterocycles. The normalized spacial score (nSPS) is 11.9. The minimum Gasteiger partial charge on any atom is -0.307 e. The molecule has 2 heterocycles. The van der Waals surface area contributed by atoms with Crippen molar-refractivity contribution in [2.24, 2.45) is 0 Å². The van der Waals surface area contributed by atoms with Gasteiger partial charge in [-0.3, -0.25) is 19.6 Å². The maximum atomic E-state index is 13.1. The average Bonchev–Trinajstić information content (AvgIpc) is 2.95. The number of H-pyrrole nitrogens is 4. The first-order valence-corrected chi connectivity index (χ1v) is 16.6. The average molecular weight is 581 g/mol. The van der Waals surface area contributed by atoms with E-state index in [-0.39, 0.29) is 0 Å². The van der Waals surface area contributed by atoms with E-state index in [0.717, 1.165) is 38.5 Å². The molecule has 42 heavy (non-hydrogen) atoms. The van der Waals surface area contributed by atoms with Crippen LogP contribution in [0.2, 0.25) is 0 Å². The van der Waals surface area contributed by atoms with E-state index < -0.39 is 22.5 Å². The second-order valence-electron chi connectivity index (χ2n) is 11.8. The predicted octanol–water partition coefficient (Wildman–Crippen LogP) is 7.75. The molecule has 0 radical (unpaired) electrons. The Morgan fingerprint density at radius 1 is 0.500 bits per heavy atom. The summed E-state index contributed by atoms with van der Waals surface area (Å²) in [5, 5.41) is 0.642. The highest BCUT2D eigenvalue weighted by molar-refractivity contribution is 6.06. The maximum absolute atomic E-state index is 13.1. The van der Waals surface area contributed by atoms with Crippen molar-refractivity contribution in [2.45, 2.75) is 142 Å². The lowest BCUT2D eigenvalue weighted by Crippen LogP contribution is -2.27. The first kappa shape index (κ1) is 33.3. The molecule has 0 atom stereocenters. The van der Waals surface area contributed by atoms with Crippen LogP contribution in [-0.4, -0.2) is 19.9 Å². The van der Waals surface area contributed by atoms with Gasteiger partial charge in [-0.1, -0.05) is 129 Å². The van der Waals surface area contributed by atoms with E-state index in [9.17, 15) is 19.2 Å². The Kier molecular flexibility index (Phi) is 14.6. The lowest BCUT2D eigenvalue weighted by Gasteiger charge is -2.13. The summed E-state index contributed by atoms with van der Waals surface area (Å²) in [5.41, 5.74) is -0.433. The second-order valence-corrected chi connectivity index (χ2v) is 11.8. The Hall–Kier alpha value is -3.16. The fourth-order valence-electron chi connectivity index (χ4n) is 6.00. The van der Waals surface area contributed by atoms with Crippen LogP contribution < -0.4 is 22.5 Å². The third kappa shape index (κ3) is 9.99. The van der Waals surface area contributed by atoms with E-state index >= 15 is 0 Å². The number of rotatable bonds is 21. The number of aryl methyl sites for hydroxylation is 1. The van der Waals surface area contributed by atoms with Crippen molar-refractivity contribution in [3.05, 3.63) is 58.9 Å². The van der Waals surface area contributed by atoms with Gasteiger partial charge in [-0.15, -0.1) is 0 Å². The van der Waals surface area contributed by atoms with Gasteiger partial charge >= 0.3 is 11.4 Å². The van der Waals surface area contributed by atoms with Crippen molar-refractivity contribution in [1.82, 2.24) is 19.9 Å². The molecular formula is C34H52N4O4. The first-order valence-electron chi connectivity index (χ1n) is 16.6. The number of hydrogen-bond donors (Lipinski definition) is 4. The fourth-order valence-corrected chi connectivity index (χ4v) is 6.00. The Morgan fingerprint density at radius 3 is 1.50 bits per heavy atom. The van der Waals surface area contributed by atoms with E-state index in [1.807, 2.05) is 12.2 Å². The number of unbranched alkanes of at least 4 members (excludes halogenated alkanes) is 17. The lowest BCUT2D eigenvalue weighted by molar-refractivity contribution is 0.556. The highest BCUT2D eigenvalue weighted by Crippen LogP contribution is 2.29. The van der Waals surface area contributed by atoms with Crippen molar-refractivity contribution in [3.63, 3.8) is 0 Å². The molecule has 0 aliphatic rings. The van der Waals surface area contributed by atoms with Crippen LogP contribution in [0.4, 0.5) is 0 Å². The van der Waals surface area contributed by atoms with Gasteiger partial charge < -0.3 is 9.97 Å². The van der Waals surface area contributed by atoms with Crippen molar-refractivity contribution in [3.8, 4) is 0 Å². The second kappa shape index (κ2) is 18.4. The molecule has 0 amide bonds. The van der Waals surface area contributed by atoms with Crippen LogP contribution in [0, 0.1) is 0 Å². The molecule has 0 spiro atoms. The zero-order valence-corrected chi connectivity index (χ0v) is 25.9. The first-order chi connectivity index (χ1) is 20.5. The molecule has 0 saturated carbocycles. The number of nitrogens with one attached hydrogen (secondary N) is 4. The van der Waals surface area contributed by atoms with E-state index in [0.29, 0.717) is 39.4 Å². The standard InChI is InChI=1S/C34H52N4O4/c1-3-5-7-9-11-13-15-17-19-21-23-25-27-30(36-34(42)37-31(27)39)26(28-29(25)35-33(41)38-32(28)40)24-22-20-18-16-14-12-10-8-6-4-2/h21,23H,3-20,22,24H2,1-2H3,(H2,35,38,40,41)(H2,36,37,39,42)/b23-21+. The Bertz CT molecular complexity index is 1510. The van der Waals surface area contributed by atoms with Crippen LogP contribution in [0.1, 0.15) is 147 Å². The minimum atomic E-state index is -0.615. The van der Waals surface area contributed by atoms with E-state index in [4.69, 9.17) is 0 Å². The van der Waals surface area contributed by atoms with Crippen molar-refractivity contribution in [1.29, 1.82) is 0 Å². The van der Waals surface area contributed by atoms with Gasteiger partial charge in [-0.25, -0.2) is 9.59 Å². The highest BCUT2D eigenvalue weighted by atomic mass is 16.2. The molecule has 0 bridgehead atoms. The molecule has 3 rings (SSSR count). The fraction of sp³-hybridized carbons (Fsp3) is 0.647. The Balaban J connectivity index is 1.78. The zero-order chi connectivity index (χ0) is 30.2. The van der Waals surface area contributed by atoms with Crippen LogP contribution in [0.3, 0.4) is 0 Å². The lowest BCUT2D eigenvalue weighted by atomic mass is 9.94. The Labute approximate surface area is 248 Å². The van der Waals surface area contributed by atoms with Crippen LogP contribution in [0.25, 0.3) is 27.9 Å². The van der Waals surface area contributed by atoms with Gasteiger partial charge in [-0.2, -0.15) is 0 Å². The van der Waals surface area contributed by atoms with Gasteiger partial charge in [0.25, 0.3) is 11.1 Å². The molecule has 232 valence electrons. The quantitative estimate of drug-likeness (QED) is 0.0757. The number of fused-ring (bicyclic) bond motifs is 2. The zero-order valence-electron chi connectivity index (χ0n) is 25.9. The van der Waals surface area contributed by atoms with Gasteiger partial charge in [0.15, 0.2) is 0 Å². The van der Waals surface area contributed by atoms with Crippen molar-refractivity contribution < 1.29 is 0 Å². The smallest absolute Gasteiger partial charge is 0.307 e. The largest absolute Gasteiger partial charge is 0.326 e. The summed E-state index contributed by atoms with van der Waals surface area (Å²) in [6.07, 6.45) is 26.7. The SMILES string of the molecule is CCCCCCCCCC/C=C/c1c2[nH]c(=O)[nH]c(=O)c2c(CCCCCCCCCCCC)c2[nH]c(=O)[nH]c(=O)c12. The number of allylic oxidation sites excluding steroid dienone is 1. The topological polar surface area (TPSA) is 131 Å². The molecule has 2 aromatic heterocycles. The van der Waals surface area contributed by atoms with Crippen molar-refractivity contribution >= 4 is 27.9 Å². The molecule has 0 unspecified atom stereocenters. The molecule has 3 aromatic rings. The van der Waals surface area contributed by atoms with Crippen LogP contribution in [-0.2, 0) is 6.42 Å². The molecule has 8 nitrogen and oxygen atoms in total. The van der Waals surface area contributed by atoms with E-state index in [2.05, 4.69) is 33.8 Å². The van der Waals surface area contributed by atoms with Gasteiger partial charge in [0.05, 0.1) is 21.8 Å². The number of aromatic nitrogens is 4. The third-order valence-corrected chi connectivity index (χ3v) is 8.32. The molecule has 0 fully saturated rings. The summed E-state index contributed by atoms with van der Waals surface area (Å²) in [7, 11) is 0. The third-order valence-electron chi connectivity index (χ3n) is 8.32. The monoisotopic (exact) mass is 580 g/mol. The predicted molar refractivity (Wildman–Crippen MR) is 176 cm³/mol. The molecule has 8 heteroatoms.